The van der Waals surface area contributed by atoms with Crippen molar-refractivity contribution < 1.29 is 19.2 Å². The minimum absolute atomic E-state index is 0.0320. The number of nitrogen functional groups attached to an aromatic ring is 2. The van der Waals surface area contributed by atoms with E-state index < -0.39 is 41.6 Å². The number of anilines is 1. The van der Waals surface area contributed by atoms with Gasteiger partial charge >= 0.3 is 0 Å². The first-order valence-electron chi connectivity index (χ1n) is 13.2. The van der Waals surface area contributed by atoms with Crippen LogP contribution in [0.25, 0.3) is 0 Å². The number of nitrogens with one attached hydrogen (secondary N) is 5. The molecule has 0 aliphatic heterocycles. The Labute approximate surface area is 244 Å². The molecule has 3 atom stereocenters. The van der Waals surface area contributed by atoms with Crippen molar-refractivity contribution >= 4 is 41.1 Å². The Morgan fingerprint density at radius 3 is 1.88 bits per heavy atom. The molecule has 14 nitrogen and oxygen atoms in total. The van der Waals surface area contributed by atoms with E-state index in [-0.39, 0.29) is 31.1 Å². The van der Waals surface area contributed by atoms with Crippen LogP contribution in [0.15, 0.2) is 48.5 Å². The van der Waals surface area contributed by atoms with Gasteiger partial charge in [0.1, 0.15) is 23.8 Å². The molecule has 1 unspecified atom stereocenters. The predicted molar refractivity (Wildman–Crippen MR) is 160 cm³/mol. The van der Waals surface area contributed by atoms with Crippen molar-refractivity contribution in [2.24, 2.45) is 23.1 Å². The maximum atomic E-state index is 13.6. The molecule has 0 aromatic heterocycles. The summed E-state index contributed by atoms with van der Waals surface area (Å²) >= 11 is 0. The minimum atomic E-state index is -1.17. The van der Waals surface area contributed by atoms with Crippen LogP contribution in [0, 0.1) is 16.7 Å². The number of amides is 4. The second kappa shape index (κ2) is 15.6. The summed E-state index contributed by atoms with van der Waals surface area (Å²) in [6.45, 7) is 0.294. The van der Waals surface area contributed by atoms with Crippen LogP contribution >= 0.6 is 0 Å². The standard InChI is InChI=1S/C28H40N10O4/c1-38(2)27(42)20(14-16-5-9-18(10-6-16)23(30)31)25(40)37-22(15-17-7-11-19(29)12-8-17)26(41)36-21(24(32)39)4-3-13-35-28(33)34/h5-12,20-22H,3-4,13-15,29H2,1-2H3,(H3,30,31)(H2,32,39)(H,36,41)(H,37,40)(H4,33,34,35)/t20?,21-,22-/m0/s1. The van der Waals surface area contributed by atoms with Gasteiger partial charge in [-0.05, 0) is 42.5 Å². The Kier molecular flexibility index (Phi) is 12.3. The van der Waals surface area contributed by atoms with Crippen molar-refractivity contribution in [3.05, 3.63) is 65.2 Å². The lowest BCUT2D eigenvalue weighted by molar-refractivity contribution is -0.142. The smallest absolute Gasteiger partial charge is 0.243 e. The Morgan fingerprint density at radius 2 is 1.36 bits per heavy atom. The first kappa shape index (κ1) is 33.1. The van der Waals surface area contributed by atoms with Gasteiger partial charge in [0, 0.05) is 38.3 Å². The van der Waals surface area contributed by atoms with Crippen LogP contribution in [0.2, 0.25) is 0 Å². The average Bonchev–Trinajstić information content (AvgIpc) is 2.93. The summed E-state index contributed by atoms with van der Waals surface area (Å²) in [5, 5.41) is 22.7. The molecule has 2 aromatic carbocycles. The lowest BCUT2D eigenvalue weighted by Gasteiger charge is -2.25. The SMILES string of the molecule is CN(C)C(=O)C(Cc1ccc(C(=N)N)cc1)C(=O)N[C@@H](Cc1ccc(N)cc1)C(=O)N[C@@H](CCCNC(=N)N)C(N)=O. The highest BCUT2D eigenvalue weighted by Gasteiger charge is 2.33. The third-order valence-electron chi connectivity index (χ3n) is 6.46. The molecule has 0 saturated heterocycles. The Morgan fingerprint density at radius 1 is 0.810 bits per heavy atom. The molecule has 14 heteroatoms. The number of rotatable bonds is 15. The summed E-state index contributed by atoms with van der Waals surface area (Å²) < 4.78 is 0. The first-order valence-corrected chi connectivity index (χ1v) is 13.2. The van der Waals surface area contributed by atoms with Crippen molar-refractivity contribution in [3.8, 4) is 0 Å². The maximum Gasteiger partial charge on any atom is 0.243 e. The van der Waals surface area contributed by atoms with Crippen LogP contribution in [0.1, 0.15) is 29.5 Å². The van der Waals surface area contributed by atoms with Gasteiger partial charge in [0.2, 0.25) is 23.6 Å². The van der Waals surface area contributed by atoms with Gasteiger partial charge < -0.3 is 43.8 Å². The van der Waals surface area contributed by atoms with Crippen LogP contribution in [0.5, 0.6) is 0 Å². The number of benzene rings is 2. The van der Waals surface area contributed by atoms with E-state index in [4.69, 9.17) is 33.8 Å². The van der Waals surface area contributed by atoms with Crippen molar-refractivity contribution in [1.82, 2.24) is 20.9 Å². The summed E-state index contributed by atoms with van der Waals surface area (Å²) in [6.07, 6.45) is 0.627. The number of guanidine groups is 1. The molecule has 2 aromatic rings. The third-order valence-corrected chi connectivity index (χ3v) is 6.46. The monoisotopic (exact) mass is 580 g/mol. The van der Waals surface area contributed by atoms with E-state index >= 15 is 0 Å². The van der Waals surface area contributed by atoms with E-state index in [1.807, 2.05) is 0 Å². The fourth-order valence-electron chi connectivity index (χ4n) is 4.12. The van der Waals surface area contributed by atoms with Gasteiger partial charge in [0.05, 0.1) is 0 Å². The van der Waals surface area contributed by atoms with Crippen LogP contribution in [0.4, 0.5) is 5.69 Å². The largest absolute Gasteiger partial charge is 0.399 e. The fourth-order valence-corrected chi connectivity index (χ4v) is 4.12. The number of primary amides is 1. The van der Waals surface area contributed by atoms with E-state index in [0.29, 0.717) is 35.3 Å². The van der Waals surface area contributed by atoms with E-state index in [1.165, 1.54) is 19.0 Å². The number of nitrogens with zero attached hydrogens (tertiary/aromatic N) is 1. The molecule has 0 fully saturated rings. The molecule has 226 valence electrons. The van der Waals surface area contributed by atoms with E-state index in [2.05, 4.69) is 16.0 Å². The van der Waals surface area contributed by atoms with Crippen molar-refractivity contribution in [2.45, 2.75) is 37.8 Å². The second-order valence-electron chi connectivity index (χ2n) is 10.1. The highest BCUT2D eigenvalue weighted by atomic mass is 16.2. The highest BCUT2D eigenvalue weighted by molar-refractivity contribution is 6.02. The van der Waals surface area contributed by atoms with Gasteiger partial charge in [-0.1, -0.05) is 36.4 Å². The Bertz CT molecular complexity index is 1280. The number of hydrogen-bond donors (Lipinski definition) is 9. The van der Waals surface area contributed by atoms with Gasteiger partial charge in [-0.15, -0.1) is 0 Å². The summed E-state index contributed by atoms with van der Waals surface area (Å²) in [5.74, 6) is -4.08. The Hall–Kier alpha value is -5.14. The van der Waals surface area contributed by atoms with Gasteiger partial charge in [0.25, 0.3) is 0 Å². The summed E-state index contributed by atoms with van der Waals surface area (Å²) in [6, 6.07) is 11.1. The summed E-state index contributed by atoms with van der Waals surface area (Å²) in [4.78, 5) is 53.5. The van der Waals surface area contributed by atoms with Crippen molar-refractivity contribution in [3.63, 3.8) is 0 Å². The van der Waals surface area contributed by atoms with Gasteiger partial charge in [-0.2, -0.15) is 0 Å². The number of hydrogen-bond acceptors (Lipinski definition) is 7. The van der Waals surface area contributed by atoms with E-state index in [1.54, 1.807) is 48.5 Å². The molecule has 0 bridgehead atoms. The fraction of sp³-hybridized carbons (Fsp3) is 0.357. The zero-order valence-corrected chi connectivity index (χ0v) is 23.8. The Balaban J connectivity index is 2.30. The van der Waals surface area contributed by atoms with E-state index in [0.717, 1.165) is 0 Å². The molecule has 0 saturated carbocycles. The zero-order valence-electron chi connectivity index (χ0n) is 23.8. The number of carbonyl (C=O) groups excluding carboxylic acids is 4. The molecule has 13 N–H and O–H groups in total. The molecule has 0 heterocycles. The number of amidine groups is 1. The predicted octanol–water partition coefficient (Wildman–Crippen LogP) is -1.24. The van der Waals surface area contributed by atoms with Gasteiger partial charge in [0.15, 0.2) is 5.96 Å². The van der Waals surface area contributed by atoms with Crippen LogP contribution in [-0.2, 0) is 32.0 Å². The minimum Gasteiger partial charge on any atom is -0.399 e. The van der Waals surface area contributed by atoms with Crippen LogP contribution < -0.4 is 38.9 Å². The number of nitrogens with two attached hydrogens (primary N) is 4. The van der Waals surface area contributed by atoms with Crippen LogP contribution in [-0.4, -0.2) is 73.0 Å². The van der Waals surface area contributed by atoms with E-state index in [9.17, 15) is 19.2 Å². The highest BCUT2D eigenvalue weighted by Crippen LogP contribution is 2.15. The third kappa shape index (κ3) is 10.4. The molecule has 42 heavy (non-hydrogen) atoms. The lowest BCUT2D eigenvalue weighted by Crippen LogP contribution is -2.55. The molecule has 0 aliphatic rings. The average molecular weight is 581 g/mol. The first-order chi connectivity index (χ1) is 19.8. The number of carbonyl (C=O) groups is 4. The molecule has 0 aliphatic carbocycles. The summed E-state index contributed by atoms with van der Waals surface area (Å²) in [7, 11) is 3.05. The lowest BCUT2D eigenvalue weighted by atomic mass is 9.95. The maximum absolute atomic E-state index is 13.6. The van der Waals surface area contributed by atoms with Gasteiger partial charge in [-0.3, -0.25) is 30.0 Å². The van der Waals surface area contributed by atoms with Crippen molar-refractivity contribution in [1.29, 1.82) is 10.8 Å². The van der Waals surface area contributed by atoms with Crippen molar-refractivity contribution in [2.75, 3.05) is 26.4 Å². The molecule has 0 radical (unpaired) electrons. The molecule has 0 spiro atoms. The molecule has 2 rings (SSSR count). The topological polar surface area (TPSA) is 259 Å². The summed E-state index contributed by atoms with van der Waals surface area (Å²) in [5.41, 5.74) is 24.5. The van der Waals surface area contributed by atoms with Crippen LogP contribution in [0.3, 0.4) is 0 Å². The molecular weight excluding hydrogens is 540 g/mol. The van der Waals surface area contributed by atoms with Gasteiger partial charge in [-0.25, -0.2) is 0 Å². The zero-order chi connectivity index (χ0) is 31.4. The molecular formula is C28H40N10O4. The quantitative estimate of drug-likeness (QED) is 0.0403. The molecule has 4 amide bonds. The second-order valence-corrected chi connectivity index (χ2v) is 10.1. The normalized spacial score (nSPS) is 12.7.